The topological polar surface area (TPSA) is 42.0 Å². The number of hydrogen-bond donors (Lipinski definition) is 1. The van der Waals surface area contributed by atoms with Crippen LogP contribution >= 0.6 is 11.3 Å². The van der Waals surface area contributed by atoms with Gasteiger partial charge in [-0.25, -0.2) is 22.5 Å². The SMILES string of the molecule is Cc1ccc(C)c(-c2csc(NC(=O)c3cc(F)c(F)c(F)c3F)n2)c1. The molecule has 1 heterocycles. The van der Waals surface area contributed by atoms with Crippen molar-refractivity contribution in [3.05, 3.63) is 69.6 Å². The van der Waals surface area contributed by atoms with Crippen LogP contribution in [0.4, 0.5) is 22.7 Å². The number of amides is 1. The van der Waals surface area contributed by atoms with Gasteiger partial charge >= 0.3 is 0 Å². The molecule has 8 heteroatoms. The number of nitrogens with one attached hydrogen (secondary N) is 1. The van der Waals surface area contributed by atoms with Crippen molar-refractivity contribution >= 4 is 22.4 Å². The van der Waals surface area contributed by atoms with Gasteiger partial charge < -0.3 is 0 Å². The summed E-state index contributed by atoms with van der Waals surface area (Å²) >= 11 is 1.07. The van der Waals surface area contributed by atoms with E-state index >= 15 is 0 Å². The fourth-order valence-electron chi connectivity index (χ4n) is 2.37. The lowest BCUT2D eigenvalue weighted by molar-refractivity contribution is 0.102. The van der Waals surface area contributed by atoms with Gasteiger partial charge in [-0.2, -0.15) is 0 Å². The summed E-state index contributed by atoms with van der Waals surface area (Å²) in [4.78, 5) is 16.3. The number of carbonyl (C=O) groups excluding carboxylic acids is 1. The Morgan fingerprint density at radius 1 is 1.04 bits per heavy atom. The number of thiazole rings is 1. The number of aromatic nitrogens is 1. The molecule has 0 bridgehead atoms. The molecular formula is C18H12F4N2OS. The number of benzene rings is 2. The highest BCUT2D eigenvalue weighted by Gasteiger charge is 2.23. The van der Waals surface area contributed by atoms with Crippen LogP contribution in [0.3, 0.4) is 0 Å². The standard InChI is InChI=1S/C18H12F4N2OS/c1-8-3-4-9(2)10(5-8)13-7-26-18(23-13)24-17(25)11-6-12(19)15(21)16(22)14(11)20/h3-7H,1-2H3,(H,23,24,25). The van der Waals surface area contributed by atoms with Crippen LogP contribution in [0.25, 0.3) is 11.3 Å². The smallest absolute Gasteiger partial charge is 0.260 e. The van der Waals surface area contributed by atoms with Crippen molar-refractivity contribution < 1.29 is 22.4 Å². The van der Waals surface area contributed by atoms with Gasteiger partial charge in [0.2, 0.25) is 0 Å². The number of nitrogens with zero attached hydrogens (tertiary/aromatic N) is 1. The lowest BCUT2D eigenvalue weighted by Gasteiger charge is -2.06. The van der Waals surface area contributed by atoms with E-state index in [4.69, 9.17) is 0 Å². The summed E-state index contributed by atoms with van der Waals surface area (Å²) in [6.07, 6.45) is 0. The number of hydrogen-bond acceptors (Lipinski definition) is 3. The van der Waals surface area contributed by atoms with Gasteiger partial charge in [0.25, 0.3) is 5.91 Å². The van der Waals surface area contributed by atoms with E-state index in [0.717, 1.165) is 28.0 Å². The minimum Gasteiger partial charge on any atom is -0.298 e. The number of halogens is 4. The fourth-order valence-corrected chi connectivity index (χ4v) is 3.07. The lowest BCUT2D eigenvalue weighted by Crippen LogP contribution is -2.16. The second-order valence-electron chi connectivity index (χ2n) is 5.66. The summed E-state index contributed by atoms with van der Waals surface area (Å²) in [6.45, 7) is 3.84. The van der Waals surface area contributed by atoms with Crippen LogP contribution in [0.1, 0.15) is 21.5 Å². The van der Waals surface area contributed by atoms with Crippen LogP contribution in [0, 0.1) is 37.1 Å². The van der Waals surface area contributed by atoms with E-state index in [9.17, 15) is 22.4 Å². The molecule has 1 amide bonds. The van der Waals surface area contributed by atoms with Gasteiger partial charge in [0.1, 0.15) is 0 Å². The zero-order chi connectivity index (χ0) is 19.0. The Morgan fingerprint density at radius 3 is 2.50 bits per heavy atom. The number of rotatable bonds is 3. The molecule has 26 heavy (non-hydrogen) atoms. The molecule has 1 N–H and O–H groups in total. The Morgan fingerprint density at radius 2 is 1.77 bits per heavy atom. The zero-order valence-corrected chi connectivity index (χ0v) is 14.5. The summed E-state index contributed by atoms with van der Waals surface area (Å²) in [5.74, 6) is -8.53. The van der Waals surface area contributed by atoms with E-state index in [-0.39, 0.29) is 5.13 Å². The fraction of sp³-hybridized carbons (Fsp3) is 0.111. The quantitative estimate of drug-likeness (QED) is 0.384. The molecule has 0 radical (unpaired) electrons. The number of carbonyl (C=O) groups is 1. The first-order chi connectivity index (χ1) is 12.3. The number of anilines is 1. The molecule has 0 unspecified atom stereocenters. The highest BCUT2D eigenvalue weighted by Crippen LogP contribution is 2.29. The van der Waals surface area contributed by atoms with Crippen LogP contribution in [0.2, 0.25) is 0 Å². The average molecular weight is 380 g/mol. The maximum absolute atomic E-state index is 13.7. The van der Waals surface area contributed by atoms with Crippen molar-refractivity contribution in [3.8, 4) is 11.3 Å². The van der Waals surface area contributed by atoms with Gasteiger partial charge in [-0.1, -0.05) is 17.7 Å². The Bertz CT molecular complexity index is 1020. The van der Waals surface area contributed by atoms with Gasteiger partial charge in [0, 0.05) is 10.9 Å². The molecule has 134 valence electrons. The van der Waals surface area contributed by atoms with Crippen LogP contribution in [-0.2, 0) is 0 Å². The third-order valence-corrected chi connectivity index (χ3v) is 4.50. The maximum Gasteiger partial charge on any atom is 0.260 e. The van der Waals surface area contributed by atoms with E-state index in [1.54, 1.807) is 5.38 Å². The summed E-state index contributed by atoms with van der Waals surface area (Å²) < 4.78 is 53.2. The van der Waals surface area contributed by atoms with E-state index in [0.29, 0.717) is 11.8 Å². The zero-order valence-electron chi connectivity index (χ0n) is 13.7. The Labute approximate surface area is 150 Å². The second kappa shape index (κ2) is 6.87. The van der Waals surface area contributed by atoms with Crippen LogP contribution in [0.5, 0.6) is 0 Å². The highest BCUT2D eigenvalue weighted by molar-refractivity contribution is 7.14. The monoisotopic (exact) mass is 380 g/mol. The van der Waals surface area contributed by atoms with Crippen molar-refractivity contribution in [2.45, 2.75) is 13.8 Å². The predicted molar refractivity (Wildman–Crippen MR) is 91.3 cm³/mol. The maximum atomic E-state index is 13.7. The van der Waals surface area contributed by atoms with E-state index in [1.807, 2.05) is 32.0 Å². The molecule has 1 aromatic heterocycles. The van der Waals surface area contributed by atoms with E-state index < -0.39 is 34.7 Å². The minimum atomic E-state index is -2.04. The Kier molecular flexibility index (Phi) is 4.78. The van der Waals surface area contributed by atoms with Crippen molar-refractivity contribution in [2.24, 2.45) is 0 Å². The third-order valence-electron chi connectivity index (χ3n) is 3.74. The summed E-state index contributed by atoms with van der Waals surface area (Å²) in [7, 11) is 0. The van der Waals surface area contributed by atoms with Crippen LogP contribution in [-0.4, -0.2) is 10.9 Å². The lowest BCUT2D eigenvalue weighted by atomic mass is 10.0. The molecule has 3 rings (SSSR count). The van der Waals surface area contributed by atoms with Gasteiger partial charge in [0.05, 0.1) is 11.3 Å². The molecule has 2 aromatic carbocycles. The third kappa shape index (κ3) is 3.32. The first-order valence-electron chi connectivity index (χ1n) is 7.45. The average Bonchev–Trinajstić information content (AvgIpc) is 3.06. The molecule has 0 atom stereocenters. The molecule has 0 saturated carbocycles. The van der Waals surface area contributed by atoms with Gasteiger partial charge in [-0.05, 0) is 31.5 Å². The highest BCUT2D eigenvalue weighted by atomic mass is 32.1. The Hall–Kier alpha value is -2.74. The normalized spacial score (nSPS) is 10.8. The molecule has 0 aliphatic carbocycles. The largest absolute Gasteiger partial charge is 0.298 e. The van der Waals surface area contributed by atoms with Crippen molar-refractivity contribution in [2.75, 3.05) is 5.32 Å². The van der Waals surface area contributed by atoms with Crippen LogP contribution < -0.4 is 5.32 Å². The predicted octanol–water partition coefficient (Wildman–Crippen LogP) is 5.24. The minimum absolute atomic E-state index is 0.121. The molecule has 0 aliphatic rings. The van der Waals surface area contributed by atoms with Gasteiger partial charge in [-0.15, -0.1) is 11.3 Å². The summed E-state index contributed by atoms with van der Waals surface area (Å²) in [5, 5.41) is 4.08. The van der Waals surface area contributed by atoms with Crippen molar-refractivity contribution in [3.63, 3.8) is 0 Å². The summed E-state index contributed by atoms with van der Waals surface area (Å²) in [6, 6.07) is 6.12. The molecule has 3 nitrogen and oxygen atoms in total. The molecule has 0 aliphatic heterocycles. The van der Waals surface area contributed by atoms with Gasteiger partial charge in [0.15, 0.2) is 28.4 Å². The van der Waals surface area contributed by atoms with Crippen molar-refractivity contribution in [1.82, 2.24) is 4.98 Å². The summed E-state index contributed by atoms with van der Waals surface area (Å²) in [5.41, 5.74) is 2.54. The van der Waals surface area contributed by atoms with Crippen molar-refractivity contribution in [1.29, 1.82) is 0 Å². The number of aryl methyl sites for hydroxylation is 2. The molecule has 0 saturated heterocycles. The van der Waals surface area contributed by atoms with E-state index in [2.05, 4.69) is 10.3 Å². The van der Waals surface area contributed by atoms with Gasteiger partial charge in [-0.3, -0.25) is 10.1 Å². The second-order valence-corrected chi connectivity index (χ2v) is 6.52. The Balaban J connectivity index is 1.88. The first-order valence-corrected chi connectivity index (χ1v) is 8.33. The first kappa shape index (κ1) is 18.1. The van der Waals surface area contributed by atoms with Crippen LogP contribution in [0.15, 0.2) is 29.6 Å². The molecule has 3 aromatic rings. The molecule has 0 spiro atoms. The van der Waals surface area contributed by atoms with E-state index in [1.165, 1.54) is 0 Å². The molecule has 0 fully saturated rings. The molecular weight excluding hydrogens is 368 g/mol.